The number of nitrogen functional groups attached to an aromatic ring is 1. The molecule has 84 valence electrons. The lowest BCUT2D eigenvalue weighted by Gasteiger charge is -2.05. The fourth-order valence-corrected chi connectivity index (χ4v) is 1.67. The van der Waals surface area contributed by atoms with Gasteiger partial charge >= 0.3 is 0 Å². The van der Waals surface area contributed by atoms with Crippen LogP contribution in [0.1, 0.15) is 12.1 Å². The predicted octanol–water partition coefficient (Wildman–Crippen LogP) is 1.67. The number of aromatic nitrogens is 1. The molecule has 4 nitrogen and oxygen atoms in total. The van der Waals surface area contributed by atoms with Crippen molar-refractivity contribution in [3.8, 4) is 0 Å². The van der Waals surface area contributed by atoms with E-state index < -0.39 is 37.7 Å². The lowest BCUT2D eigenvalue weighted by atomic mass is 10.3. The normalized spacial score (nSPS) is 12.1. The van der Waals surface area contributed by atoms with Crippen LogP contribution in [-0.2, 0) is 9.05 Å². The summed E-state index contributed by atoms with van der Waals surface area (Å²) in [4.78, 5) is 2.87. The zero-order valence-electron chi connectivity index (χ0n) is 6.92. The Hall–Kier alpha value is -1.02. The van der Waals surface area contributed by atoms with Crippen LogP contribution in [0.5, 0.6) is 0 Å². The van der Waals surface area contributed by atoms with Gasteiger partial charge in [0, 0.05) is 16.7 Å². The van der Waals surface area contributed by atoms with Crippen molar-refractivity contribution in [2.45, 2.75) is 11.5 Å². The SMILES string of the molecule is Nc1cc(F)c(S(=O)(=O)Cl)nc1C(F)F. The molecule has 0 saturated heterocycles. The quantitative estimate of drug-likeness (QED) is 0.821. The van der Waals surface area contributed by atoms with Gasteiger partial charge in [0.25, 0.3) is 15.5 Å². The molecule has 0 saturated carbocycles. The number of rotatable bonds is 2. The van der Waals surface area contributed by atoms with E-state index in [2.05, 4.69) is 4.98 Å². The van der Waals surface area contributed by atoms with E-state index >= 15 is 0 Å². The molecule has 0 aliphatic rings. The standard InChI is InChI=1S/C6H4ClF3N2O2S/c7-15(13,14)6-2(8)1-3(11)4(12-6)5(9)10/h1,5H,11H2. The number of pyridine rings is 1. The number of alkyl halides is 2. The van der Waals surface area contributed by atoms with Gasteiger partial charge in [-0.2, -0.15) is 0 Å². The van der Waals surface area contributed by atoms with Crippen LogP contribution in [0.3, 0.4) is 0 Å². The third-order valence-corrected chi connectivity index (χ3v) is 2.63. The molecule has 1 heterocycles. The van der Waals surface area contributed by atoms with Crippen molar-refractivity contribution in [2.75, 3.05) is 5.73 Å². The Bertz CT molecular complexity index is 491. The molecular formula is C6H4ClF3N2O2S. The molecule has 0 atom stereocenters. The molecule has 0 aromatic carbocycles. The molecule has 0 aliphatic carbocycles. The molecule has 0 aliphatic heterocycles. The van der Waals surface area contributed by atoms with Crippen LogP contribution < -0.4 is 5.73 Å². The highest BCUT2D eigenvalue weighted by Crippen LogP contribution is 2.27. The van der Waals surface area contributed by atoms with Gasteiger partial charge in [0.15, 0.2) is 5.82 Å². The lowest BCUT2D eigenvalue weighted by Crippen LogP contribution is -2.07. The van der Waals surface area contributed by atoms with E-state index in [9.17, 15) is 21.6 Å². The summed E-state index contributed by atoms with van der Waals surface area (Å²) in [6.07, 6.45) is -3.11. The summed E-state index contributed by atoms with van der Waals surface area (Å²) in [7, 11) is 0.268. The highest BCUT2D eigenvalue weighted by atomic mass is 35.7. The largest absolute Gasteiger partial charge is 0.397 e. The van der Waals surface area contributed by atoms with Gasteiger partial charge in [-0.1, -0.05) is 0 Å². The van der Waals surface area contributed by atoms with E-state index in [4.69, 9.17) is 16.4 Å². The summed E-state index contributed by atoms with van der Waals surface area (Å²) in [5.41, 5.74) is 3.36. The van der Waals surface area contributed by atoms with Crippen LogP contribution in [0.4, 0.5) is 18.9 Å². The number of hydrogen-bond donors (Lipinski definition) is 1. The minimum Gasteiger partial charge on any atom is -0.397 e. The summed E-state index contributed by atoms with van der Waals surface area (Å²) in [6.45, 7) is 0. The van der Waals surface area contributed by atoms with Crippen molar-refractivity contribution in [1.82, 2.24) is 4.98 Å². The van der Waals surface area contributed by atoms with Crippen LogP contribution in [0.25, 0.3) is 0 Å². The van der Waals surface area contributed by atoms with E-state index in [0.717, 1.165) is 0 Å². The second kappa shape index (κ2) is 3.86. The minimum absolute atomic E-state index is 0.434. The molecule has 0 radical (unpaired) electrons. The monoisotopic (exact) mass is 260 g/mol. The van der Waals surface area contributed by atoms with Crippen LogP contribution in [0.2, 0.25) is 0 Å². The Balaban J connectivity index is 3.50. The Morgan fingerprint density at radius 3 is 2.40 bits per heavy atom. The zero-order valence-corrected chi connectivity index (χ0v) is 8.49. The van der Waals surface area contributed by atoms with Crippen molar-refractivity contribution < 1.29 is 21.6 Å². The number of nitrogens with zero attached hydrogens (tertiary/aromatic N) is 1. The first kappa shape index (κ1) is 12.1. The number of halogens is 4. The topological polar surface area (TPSA) is 73.1 Å². The summed E-state index contributed by atoms with van der Waals surface area (Å²) in [6, 6.07) is 0.434. The fourth-order valence-electron chi connectivity index (χ4n) is 0.845. The Labute approximate surface area is 87.3 Å². The van der Waals surface area contributed by atoms with Crippen molar-refractivity contribution in [3.05, 3.63) is 17.6 Å². The molecule has 1 rings (SSSR count). The van der Waals surface area contributed by atoms with Crippen LogP contribution >= 0.6 is 10.7 Å². The minimum atomic E-state index is -4.51. The third-order valence-electron chi connectivity index (χ3n) is 1.44. The first-order valence-corrected chi connectivity index (χ1v) is 5.73. The van der Waals surface area contributed by atoms with E-state index in [1.165, 1.54) is 0 Å². The second-order valence-electron chi connectivity index (χ2n) is 2.49. The fraction of sp³-hybridized carbons (Fsp3) is 0.167. The average Bonchev–Trinajstić information content (AvgIpc) is 2.00. The average molecular weight is 261 g/mol. The molecule has 2 N–H and O–H groups in total. The molecule has 0 fully saturated rings. The number of anilines is 1. The number of nitrogens with two attached hydrogens (primary N) is 1. The Kier molecular flexibility index (Phi) is 3.10. The van der Waals surface area contributed by atoms with Gasteiger partial charge in [0.2, 0.25) is 5.03 Å². The first-order chi connectivity index (χ1) is 6.73. The highest BCUT2D eigenvalue weighted by molar-refractivity contribution is 8.13. The van der Waals surface area contributed by atoms with Gasteiger partial charge in [-0.25, -0.2) is 26.6 Å². The Morgan fingerprint density at radius 1 is 1.47 bits per heavy atom. The van der Waals surface area contributed by atoms with Crippen LogP contribution in [-0.4, -0.2) is 13.4 Å². The van der Waals surface area contributed by atoms with Gasteiger partial charge in [0.05, 0.1) is 5.69 Å². The van der Waals surface area contributed by atoms with Crippen molar-refractivity contribution in [3.63, 3.8) is 0 Å². The van der Waals surface area contributed by atoms with Gasteiger partial charge in [-0.3, -0.25) is 0 Å². The van der Waals surface area contributed by atoms with Crippen LogP contribution in [0.15, 0.2) is 11.1 Å². The molecule has 0 unspecified atom stereocenters. The predicted molar refractivity (Wildman–Crippen MR) is 46.6 cm³/mol. The molecule has 0 spiro atoms. The lowest BCUT2D eigenvalue weighted by molar-refractivity contribution is 0.146. The van der Waals surface area contributed by atoms with E-state index in [1.807, 2.05) is 0 Å². The molecule has 9 heteroatoms. The Morgan fingerprint density at radius 2 is 2.00 bits per heavy atom. The van der Waals surface area contributed by atoms with Gasteiger partial charge in [0.1, 0.15) is 5.69 Å². The molecule has 1 aromatic heterocycles. The van der Waals surface area contributed by atoms with Crippen LogP contribution in [0, 0.1) is 5.82 Å². The second-order valence-corrected chi connectivity index (χ2v) is 4.97. The molecular weight excluding hydrogens is 257 g/mol. The maximum atomic E-state index is 12.9. The van der Waals surface area contributed by atoms with Crippen molar-refractivity contribution >= 4 is 25.4 Å². The summed E-state index contributed by atoms with van der Waals surface area (Å²) < 4.78 is 58.8. The summed E-state index contributed by atoms with van der Waals surface area (Å²) in [5.74, 6) is -1.37. The highest BCUT2D eigenvalue weighted by Gasteiger charge is 2.24. The van der Waals surface area contributed by atoms with Gasteiger partial charge < -0.3 is 5.73 Å². The summed E-state index contributed by atoms with van der Waals surface area (Å²) >= 11 is 0. The van der Waals surface area contributed by atoms with E-state index in [-0.39, 0.29) is 0 Å². The molecule has 0 amide bonds. The van der Waals surface area contributed by atoms with E-state index in [0.29, 0.717) is 6.07 Å². The van der Waals surface area contributed by atoms with Crippen molar-refractivity contribution in [2.24, 2.45) is 0 Å². The molecule has 15 heavy (non-hydrogen) atoms. The number of hydrogen-bond acceptors (Lipinski definition) is 4. The maximum Gasteiger partial charge on any atom is 0.282 e. The third kappa shape index (κ3) is 2.51. The van der Waals surface area contributed by atoms with Crippen molar-refractivity contribution in [1.29, 1.82) is 0 Å². The van der Waals surface area contributed by atoms with Gasteiger partial charge in [-0.05, 0) is 0 Å². The van der Waals surface area contributed by atoms with Gasteiger partial charge in [-0.15, -0.1) is 0 Å². The zero-order chi connectivity index (χ0) is 11.8. The van der Waals surface area contributed by atoms with E-state index in [1.54, 1.807) is 0 Å². The summed E-state index contributed by atoms with van der Waals surface area (Å²) in [5, 5.41) is -1.26. The maximum absolute atomic E-state index is 12.9. The first-order valence-electron chi connectivity index (χ1n) is 3.42. The smallest absolute Gasteiger partial charge is 0.282 e. The molecule has 1 aromatic rings. The molecule has 0 bridgehead atoms.